The third-order valence-corrected chi connectivity index (χ3v) is 8.28. The fourth-order valence-corrected chi connectivity index (χ4v) is 5.51. The molecular weight excluding hydrogens is 539 g/mol. The standard InChI is InChI=1S/C30H40Cl2N2O5/c1-37-28-19-23(8-11-27(28)38-18-6-16-34-15-4-2-3-7-29(34)35)21-33-14-5-12-30(36,13-17-33)22-39-24-9-10-25(31)26(32)20-24/h8-11,19-20,36H,2-7,12-18,21-22H2,1H3. The molecule has 2 fully saturated rings. The summed E-state index contributed by atoms with van der Waals surface area (Å²) in [6.07, 6.45) is 6.85. The highest BCUT2D eigenvalue weighted by molar-refractivity contribution is 6.42. The number of methoxy groups -OCH3 is 1. The molecule has 2 aromatic rings. The van der Waals surface area contributed by atoms with Crippen LogP contribution < -0.4 is 14.2 Å². The van der Waals surface area contributed by atoms with Crippen molar-refractivity contribution in [1.82, 2.24) is 9.80 Å². The zero-order chi connectivity index (χ0) is 27.7. The molecule has 0 aliphatic carbocycles. The van der Waals surface area contributed by atoms with Crippen molar-refractivity contribution in [1.29, 1.82) is 0 Å². The lowest BCUT2D eigenvalue weighted by molar-refractivity contribution is -0.130. The number of halogens is 2. The van der Waals surface area contributed by atoms with Crippen LogP contribution in [0.25, 0.3) is 0 Å². The number of hydrogen-bond acceptors (Lipinski definition) is 6. The number of amides is 1. The molecule has 2 saturated heterocycles. The summed E-state index contributed by atoms with van der Waals surface area (Å²) < 4.78 is 17.5. The molecule has 2 aliphatic rings. The Morgan fingerprint density at radius 3 is 2.62 bits per heavy atom. The van der Waals surface area contributed by atoms with Gasteiger partial charge < -0.3 is 24.2 Å². The first kappa shape index (κ1) is 29.8. The molecule has 9 heteroatoms. The van der Waals surface area contributed by atoms with Crippen molar-refractivity contribution in [2.45, 2.75) is 63.5 Å². The Labute approximate surface area is 241 Å². The second kappa shape index (κ2) is 14.4. The summed E-state index contributed by atoms with van der Waals surface area (Å²) in [5.74, 6) is 2.29. The largest absolute Gasteiger partial charge is 0.493 e. The molecule has 4 rings (SSSR count). The van der Waals surface area contributed by atoms with E-state index < -0.39 is 5.60 Å². The zero-order valence-corrected chi connectivity index (χ0v) is 24.3. The van der Waals surface area contributed by atoms with Crippen molar-refractivity contribution in [3.63, 3.8) is 0 Å². The van der Waals surface area contributed by atoms with Crippen molar-refractivity contribution in [2.75, 3.05) is 46.5 Å². The highest BCUT2D eigenvalue weighted by Gasteiger charge is 2.31. The molecule has 39 heavy (non-hydrogen) atoms. The van der Waals surface area contributed by atoms with Gasteiger partial charge in [0.15, 0.2) is 11.5 Å². The third kappa shape index (κ3) is 8.90. The van der Waals surface area contributed by atoms with Gasteiger partial charge in [-0.05, 0) is 74.9 Å². The summed E-state index contributed by atoms with van der Waals surface area (Å²) in [6.45, 7) is 4.76. The lowest BCUT2D eigenvalue weighted by Crippen LogP contribution is -2.37. The first-order chi connectivity index (χ1) is 18.8. The molecular formula is C30H40Cl2N2O5. The fraction of sp³-hybridized carbons (Fsp3) is 0.567. The van der Waals surface area contributed by atoms with E-state index in [0.29, 0.717) is 53.2 Å². The number of nitrogens with zero attached hydrogens (tertiary/aromatic N) is 2. The molecule has 0 saturated carbocycles. The number of carbonyl (C=O) groups excluding carboxylic acids is 1. The molecule has 1 amide bonds. The van der Waals surface area contributed by atoms with Gasteiger partial charge in [0.25, 0.3) is 0 Å². The predicted molar refractivity (Wildman–Crippen MR) is 154 cm³/mol. The van der Waals surface area contributed by atoms with Crippen LogP contribution in [0.2, 0.25) is 10.0 Å². The van der Waals surface area contributed by atoms with Gasteiger partial charge in [-0.15, -0.1) is 0 Å². The smallest absolute Gasteiger partial charge is 0.222 e. The number of rotatable bonds is 11. The highest BCUT2D eigenvalue weighted by atomic mass is 35.5. The predicted octanol–water partition coefficient (Wildman–Crippen LogP) is 5.97. The van der Waals surface area contributed by atoms with E-state index in [-0.39, 0.29) is 12.5 Å². The number of ether oxygens (including phenoxy) is 3. The number of likely N-dealkylation sites (tertiary alicyclic amines) is 2. The average molecular weight is 580 g/mol. The van der Waals surface area contributed by atoms with Gasteiger partial charge in [-0.25, -0.2) is 0 Å². The maximum Gasteiger partial charge on any atom is 0.222 e. The normalized spacial score (nSPS) is 20.8. The van der Waals surface area contributed by atoms with Crippen LogP contribution in [-0.4, -0.2) is 72.9 Å². The Morgan fingerprint density at radius 2 is 1.79 bits per heavy atom. The van der Waals surface area contributed by atoms with Gasteiger partial charge in [-0.3, -0.25) is 9.69 Å². The molecule has 0 spiro atoms. The van der Waals surface area contributed by atoms with Crippen LogP contribution in [0, 0.1) is 0 Å². The second-order valence-electron chi connectivity index (χ2n) is 10.6. The highest BCUT2D eigenvalue weighted by Crippen LogP contribution is 2.31. The molecule has 1 unspecified atom stereocenters. The summed E-state index contributed by atoms with van der Waals surface area (Å²) in [4.78, 5) is 16.5. The molecule has 214 valence electrons. The minimum Gasteiger partial charge on any atom is -0.493 e. The fourth-order valence-electron chi connectivity index (χ4n) is 5.22. The Bertz CT molecular complexity index is 1100. The summed E-state index contributed by atoms with van der Waals surface area (Å²) in [6, 6.07) is 11.2. The monoisotopic (exact) mass is 578 g/mol. The van der Waals surface area contributed by atoms with E-state index in [1.165, 1.54) is 0 Å². The maximum absolute atomic E-state index is 12.2. The van der Waals surface area contributed by atoms with Crippen molar-refractivity contribution in [3.8, 4) is 17.2 Å². The van der Waals surface area contributed by atoms with Gasteiger partial charge in [0.1, 0.15) is 12.4 Å². The summed E-state index contributed by atoms with van der Waals surface area (Å²) in [5.41, 5.74) is 0.237. The Kier molecular flexibility index (Phi) is 11.0. The SMILES string of the molecule is COc1cc(CN2CCCC(O)(COc3ccc(Cl)c(Cl)c3)CC2)ccc1OCCCN1CCCCCC1=O. The van der Waals surface area contributed by atoms with Crippen LogP contribution >= 0.6 is 23.2 Å². The molecule has 0 bridgehead atoms. The Balaban J connectivity index is 1.24. The number of aliphatic hydroxyl groups is 1. The first-order valence-corrected chi connectivity index (χ1v) is 14.7. The summed E-state index contributed by atoms with van der Waals surface area (Å²) in [7, 11) is 1.65. The number of carbonyl (C=O) groups is 1. The van der Waals surface area contributed by atoms with Crippen LogP contribution in [0.1, 0.15) is 56.9 Å². The number of benzene rings is 2. The minimum absolute atomic E-state index is 0.213. The van der Waals surface area contributed by atoms with Gasteiger partial charge in [0.2, 0.25) is 5.91 Å². The quantitative estimate of drug-likeness (QED) is 0.331. The summed E-state index contributed by atoms with van der Waals surface area (Å²) in [5, 5.41) is 12.1. The molecule has 2 aromatic carbocycles. The van der Waals surface area contributed by atoms with Gasteiger partial charge in [0.05, 0.1) is 29.4 Å². The van der Waals surface area contributed by atoms with Gasteiger partial charge in [0, 0.05) is 38.7 Å². The van der Waals surface area contributed by atoms with Gasteiger partial charge in [-0.2, -0.15) is 0 Å². The minimum atomic E-state index is -0.895. The first-order valence-electron chi connectivity index (χ1n) is 14.0. The Morgan fingerprint density at radius 1 is 0.923 bits per heavy atom. The average Bonchev–Trinajstić information content (AvgIpc) is 3.25. The molecule has 0 aromatic heterocycles. The molecule has 2 heterocycles. The van der Waals surface area contributed by atoms with E-state index in [0.717, 1.165) is 70.4 Å². The van der Waals surface area contributed by atoms with Crippen molar-refractivity contribution in [3.05, 3.63) is 52.0 Å². The van der Waals surface area contributed by atoms with E-state index in [2.05, 4.69) is 11.0 Å². The van der Waals surface area contributed by atoms with Gasteiger partial charge in [-0.1, -0.05) is 35.7 Å². The van der Waals surface area contributed by atoms with Crippen molar-refractivity contribution >= 4 is 29.1 Å². The second-order valence-corrected chi connectivity index (χ2v) is 11.4. The van der Waals surface area contributed by atoms with Crippen LogP contribution in [0.4, 0.5) is 0 Å². The topological polar surface area (TPSA) is 71.5 Å². The molecule has 2 aliphatic heterocycles. The molecule has 7 nitrogen and oxygen atoms in total. The molecule has 1 N–H and O–H groups in total. The van der Waals surface area contributed by atoms with E-state index in [1.807, 2.05) is 17.0 Å². The van der Waals surface area contributed by atoms with Crippen LogP contribution in [0.5, 0.6) is 17.2 Å². The molecule has 1 atom stereocenters. The number of hydrogen-bond donors (Lipinski definition) is 1. The molecule has 0 radical (unpaired) electrons. The van der Waals surface area contributed by atoms with Crippen molar-refractivity contribution < 1.29 is 24.1 Å². The van der Waals surface area contributed by atoms with Crippen LogP contribution in [0.15, 0.2) is 36.4 Å². The lowest BCUT2D eigenvalue weighted by Gasteiger charge is -2.27. The van der Waals surface area contributed by atoms with Crippen molar-refractivity contribution in [2.24, 2.45) is 0 Å². The van der Waals surface area contributed by atoms with E-state index in [1.54, 1.807) is 25.3 Å². The summed E-state index contributed by atoms with van der Waals surface area (Å²) >= 11 is 12.1. The van der Waals surface area contributed by atoms with E-state index in [4.69, 9.17) is 37.4 Å². The third-order valence-electron chi connectivity index (χ3n) is 7.54. The maximum atomic E-state index is 12.2. The van der Waals surface area contributed by atoms with Crippen LogP contribution in [0.3, 0.4) is 0 Å². The zero-order valence-electron chi connectivity index (χ0n) is 22.8. The van der Waals surface area contributed by atoms with E-state index >= 15 is 0 Å². The van der Waals surface area contributed by atoms with Crippen LogP contribution in [-0.2, 0) is 11.3 Å². The van der Waals surface area contributed by atoms with Gasteiger partial charge >= 0.3 is 0 Å². The Hall–Kier alpha value is -2.19. The lowest BCUT2D eigenvalue weighted by atomic mass is 9.96. The van der Waals surface area contributed by atoms with E-state index in [9.17, 15) is 9.90 Å².